The number of alkyl halides is 1. The zero-order valence-electron chi connectivity index (χ0n) is 6.86. The van der Waals surface area contributed by atoms with Crippen LogP contribution in [0.1, 0.15) is 39.5 Å². The van der Waals surface area contributed by atoms with Gasteiger partial charge in [-0.3, -0.25) is 0 Å². The van der Waals surface area contributed by atoms with E-state index in [4.69, 9.17) is 0 Å². The first-order valence-corrected chi connectivity index (χ1v) is 5.03. The van der Waals surface area contributed by atoms with Gasteiger partial charge in [0.25, 0.3) is 0 Å². The summed E-state index contributed by atoms with van der Waals surface area (Å²) in [7, 11) is 0. The molecule has 1 atom stereocenters. The average Bonchev–Trinajstić information content (AvgIpc) is 1.84. The van der Waals surface area contributed by atoms with Gasteiger partial charge in [0, 0.05) is 5.33 Å². The topological polar surface area (TPSA) is 20.2 Å². The Labute approximate surface area is 72.0 Å². The van der Waals surface area contributed by atoms with Crippen LogP contribution in [0.5, 0.6) is 0 Å². The molecule has 62 valence electrons. The Kier molecular flexibility index (Phi) is 5.36. The highest BCUT2D eigenvalue weighted by molar-refractivity contribution is 9.09. The highest BCUT2D eigenvalue weighted by Gasteiger charge is 2.17. The van der Waals surface area contributed by atoms with Crippen LogP contribution >= 0.6 is 15.9 Å². The van der Waals surface area contributed by atoms with E-state index in [1.54, 1.807) is 0 Å². The SMILES string of the molecule is CCCCC(C)(O)CCBr. The number of halogens is 1. The first-order chi connectivity index (χ1) is 4.62. The first kappa shape index (κ1) is 10.4. The summed E-state index contributed by atoms with van der Waals surface area (Å²) in [4.78, 5) is 0. The molecule has 0 spiro atoms. The molecule has 0 aliphatic carbocycles. The molecular formula is C8H17BrO. The molecule has 1 N–H and O–H groups in total. The maximum absolute atomic E-state index is 9.62. The second kappa shape index (κ2) is 5.14. The van der Waals surface area contributed by atoms with Crippen molar-refractivity contribution in [2.75, 3.05) is 5.33 Å². The van der Waals surface area contributed by atoms with Gasteiger partial charge in [0.2, 0.25) is 0 Å². The lowest BCUT2D eigenvalue weighted by atomic mass is 9.97. The third-order valence-corrected chi connectivity index (χ3v) is 2.10. The fourth-order valence-electron chi connectivity index (χ4n) is 0.886. The Hall–Kier alpha value is 0.440. The van der Waals surface area contributed by atoms with Gasteiger partial charge in [0.1, 0.15) is 0 Å². The monoisotopic (exact) mass is 208 g/mol. The predicted octanol–water partition coefficient (Wildman–Crippen LogP) is 2.71. The predicted molar refractivity (Wildman–Crippen MR) is 48.6 cm³/mol. The Morgan fingerprint density at radius 1 is 1.40 bits per heavy atom. The molecule has 0 heterocycles. The second-order valence-electron chi connectivity index (χ2n) is 3.04. The summed E-state index contributed by atoms with van der Waals surface area (Å²) in [5.74, 6) is 0. The van der Waals surface area contributed by atoms with E-state index in [-0.39, 0.29) is 0 Å². The molecule has 0 radical (unpaired) electrons. The fourth-order valence-corrected chi connectivity index (χ4v) is 1.74. The van der Waals surface area contributed by atoms with Crippen molar-refractivity contribution in [2.45, 2.75) is 45.1 Å². The quantitative estimate of drug-likeness (QED) is 0.690. The van der Waals surface area contributed by atoms with Gasteiger partial charge in [-0.15, -0.1) is 0 Å². The zero-order chi connectivity index (χ0) is 8.04. The van der Waals surface area contributed by atoms with Gasteiger partial charge in [-0.25, -0.2) is 0 Å². The molecule has 1 unspecified atom stereocenters. The molecule has 0 aliphatic heterocycles. The van der Waals surface area contributed by atoms with Gasteiger partial charge >= 0.3 is 0 Å². The van der Waals surface area contributed by atoms with Gasteiger partial charge in [0.05, 0.1) is 5.60 Å². The Morgan fingerprint density at radius 3 is 2.40 bits per heavy atom. The molecule has 10 heavy (non-hydrogen) atoms. The van der Waals surface area contributed by atoms with E-state index in [1.807, 2.05) is 6.92 Å². The Balaban J connectivity index is 3.42. The van der Waals surface area contributed by atoms with Gasteiger partial charge in [0.15, 0.2) is 0 Å². The summed E-state index contributed by atoms with van der Waals surface area (Å²) in [6, 6.07) is 0. The molecule has 1 nitrogen and oxygen atoms in total. The van der Waals surface area contributed by atoms with Crippen LogP contribution in [-0.4, -0.2) is 16.0 Å². The van der Waals surface area contributed by atoms with Crippen molar-refractivity contribution < 1.29 is 5.11 Å². The molecule has 0 amide bonds. The second-order valence-corrected chi connectivity index (χ2v) is 3.83. The van der Waals surface area contributed by atoms with Crippen molar-refractivity contribution in [1.82, 2.24) is 0 Å². The van der Waals surface area contributed by atoms with Crippen LogP contribution in [0.3, 0.4) is 0 Å². The maximum atomic E-state index is 9.62. The van der Waals surface area contributed by atoms with E-state index in [0.717, 1.165) is 24.6 Å². The maximum Gasteiger partial charge on any atom is 0.0627 e. The van der Waals surface area contributed by atoms with Crippen molar-refractivity contribution in [3.63, 3.8) is 0 Å². The zero-order valence-corrected chi connectivity index (χ0v) is 8.45. The van der Waals surface area contributed by atoms with Crippen LogP contribution in [0.15, 0.2) is 0 Å². The van der Waals surface area contributed by atoms with E-state index in [9.17, 15) is 5.11 Å². The van der Waals surface area contributed by atoms with Gasteiger partial charge < -0.3 is 5.11 Å². The van der Waals surface area contributed by atoms with Crippen molar-refractivity contribution >= 4 is 15.9 Å². The molecule has 0 aromatic carbocycles. The molecule has 2 heteroatoms. The van der Waals surface area contributed by atoms with Crippen molar-refractivity contribution in [3.05, 3.63) is 0 Å². The third-order valence-electron chi connectivity index (χ3n) is 1.70. The molecule has 0 rings (SSSR count). The van der Waals surface area contributed by atoms with Crippen LogP contribution < -0.4 is 0 Å². The van der Waals surface area contributed by atoms with Crippen LogP contribution in [0.2, 0.25) is 0 Å². The highest BCUT2D eigenvalue weighted by Crippen LogP contribution is 2.18. The summed E-state index contributed by atoms with van der Waals surface area (Å²) in [5, 5.41) is 10.5. The summed E-state index contributed by atoms with van der Waals surface area (Å²) >= 11 is 3.32. The van der Waals surface area contributed by atoms with E-state index < -0.39 is 5.60 Å². The average molecular weight is 209 g/mol. The van der Waals surface area contributed by atoms with Crippen molar-refractivity contribution in [3.8, 4) is 0 Å². The van der Waals surface area contributed by atoms with E-state index in [1.165, 1.54) is 6.42 Å². The smallest absolute Gasteiger partial charge is 0.0627 e. The molecule has 0 saturated heterocycles. The van der Waals surface area contributed by atoms with E-state index >= 15 is 0 Å². The molecule has 0 bridgehead atoms. The molecule has 0 saturated carbocycles. The number of aliphatic hydroxyl groups is 1. The van der Waals surface area contributed by atoms with Crippen LogP contribution in [0.4, 0.5) is 0 Å². The van der Waals surface area contributed by atoms with Gasteiger partial charge in [-0.1, -0.05) is 35.7 Å². The number of hydrogen-bond donors (Lipinski definition) is 1. The van der Waals surface area contributed by atoms with E-state index in [2.05, 4.69) is 22.9 Å². The lowest BCUT2D eigenvalue weighted by molar-refractivity contribution is 0.0462. The van der Waals surface area contributed by atoms with E-state index in [0.29, 0.717) is 0 Å². The minimum Gasteiger partial charge on any atom is -0.390 e. The number of unbranched alkanes of at least 4 members (excludes halogenated alkanes) is 1. The number of hydrogen-bond acceptors (Lipinski definition) is 1. The van der Waals surface area contributed by atoms with Crippen LogP contribution in [0, 0.1) is 0 Å². The normalized spacial score (nSPS) is 16.8. The fraction of sp³-hybridized carbons (Fsp3) is 1.00. The molecule has 0 aromatic heterocycles. The Morgan fingerprint density at radius 2 is 2.00 bits per heavy atom. The standard InChI is InChI=1S/C8H17BrO/c1-3-4-5-8(2,10)6-7-9/h10H,3-7H2,1-2H3. The summed E-state index contributed by atoms with van der Waals surface area (Å²) in [6.45, 7) is 4.05. The van der Waals surface area contributed by atoms with Crippen LogP contribution in [0.25, 0.3) is 0 Å². The van der Waals surface area contributed by atoms with Gasteiger partial charge in [-0.05, 0) is 19.8 Å². The summed E-state index contributed by atoms with van der Waals surface area (Å²) in [5.41, 5.74) is -0.445. The first-order valence-electron chi connectivity index (χ1n) is 3.91. The molecule has 0 fully saturated rings. The Bertz CT molecular complexity index is 81.3. The van der Waals surface area contributed by atoms with Gasteiger partial charge in [-0.2, -0.15) is 0 Å². The summed E-state index contributed by atoms with van der Waals surface area (Å²) < 4.78 is 0. The third kappa shape index (κ3) is 5.24. The minimum atomic E-state index is -0.445. The minimum absolute atomic E-state index is 0.445. The molecule has 0 aromatic rings. The highest BCUT2D eigenvalue weighted by atomic mass is 79.9. The van der Waals surface area contributed by atoms with Crippen molar-refractivity contribution in [2.24, 2.45) is 0 Å². The summed E-state index contributed by atoms with van der Waals surface area (Å²) in [6.07, 6.45) is 4.07. The number of rotatable bonds is 5. The van der Waals surface area contributed by atoms with Crippen molar-refractivity contribution in [1.29, 1.82) is 0 Å². The largest absolute Gasteiger partial charge is 0.390 e. The molecular weight excluding hydrogens is 192 g/mol. The lowest BCUT2D eigenvalue weighted by Crippen LogP contribution is -2.24. The molecule has 0 aliphatic rings. The lowest BCUT2D eigenvalue weighted by Gasteiger charge is -2.21. The van der Waals surface area contributed by atoms with Crippen LogP contribution in [-0.2, 0) is 0 Å².